The summed E-state index contributed by atoms with van der Waals surface area (Å²) in [4.78, 5) is 12.1. The van der Waals surface area contributed by atoms with Crippen molar-refractivity contribution in [1.29, 1.82) is 0 Å². The number of carbonyl (C=O) groups is 1. The Kier molecular flexibility index (Phi) is 5.04. The maximum absolute atomic E-state index is 13.6. The smallest absolute Gasteiger partial charge is 0.419 e. The van der Waals surface area contributed by atoms with E-state index in [-0.39, 0.29) is 11.0 Å². The first kappa shape index (κ1) is 20.1. The number of hydrogen-bond acceptors (Lipinski definition) is 4. The predicted octanol–water partition coefficient (Wildman–Crippen LogP) is 3.98. The second kappa shape index (κ2) is 6.51. The van der Waals surface area contributed by atoms with Gasteiger partial charge in [-0.2, -0.15) is 17.6 Å². The second-order valence-electron chi connectivity index (χ2n) is 5.19. The number of rotatable bonds is 3. The molecule has 0 aliphatic carbocycles. The molecule has 0 saturated carbocycles. The minimum Gasteiger partial charge on any atom is -0.504 e. The van der Waals surface area contributed by atoms with Gasteiger partial charge in [0.25, 0.3) is 0 Å². The van der Waals surface area contributed by atoms with E-state index in [1.165, 1.54) is 0 Å². The minimum absolute atomic E-state index is 0.0448. The average Bonchev–Trinajstić information content (AvgIpc) is 2.50. The molecule has 0 heterocycles. The van der Waals surface area contributed by atoms with Crippen molar-refractivity contribution < 1.29 is 40.3 Å². The van der Waals surface area contributed by atoms with Crippen molar-refractivity contribution in [2.45, 2.75) is 11.1 Å². The van der Waals surface area contributed by atoms with Crippen LogP contribution >= 0.6 is 11.6 Å². The van der Waals surface area contributed by atoms with Crippen molar-refractivity contribution in [1.82, 2.24) is 0 Å². The molecule has 2 aromatic rings. The van der Waals surface area contributed by atoms with Crippen molar-refractivity contribution in [2.75, 3.05) is 6.26 Å². The zero-order chi connectivity index (χ0) is 20.0. The monoisotopic (exact) mass is 414 g/mol. The SMILES string of the molecule is CS(=O)(=O)c1ccc(C(=O)c2cc(C(F)(F)F)c(F)c(F)c2O)c(Cl)c1. The second-order valence-corrected chi connectivity index (χ2v) is 7.61. The lowest BCUT2D eigenvalue weighted by atomic mass is 9.99. The molecule has 2 aromatic carbocycles. The fraction of sp³-hybridized carbons (Fsp3) is 0.133. The lowest BCUT2D eigenvalue weighted by molar-refractivity contribution is -0.140. The quantitative estimate of drug-likeness (QED) is 0.609. The van der Waals surface area contributed by atoms with Crippen LogP contribution in [0.1, 0.15) is 21.5 Å². The van der Waals surface area contributed by atoms with Gasteiger partial charge in [0.15, 0.2) is 27.2 Å². The Hall–Kier alpha value is -2.20. The summed E-state index contributed by atoms with van der Waals surface area (Å²) in [6.07, 6.45) is -4.46. The average molecular weight is 415 g/mol. The third-order valence-corrected chi connectivity index (χ3v) is 4.77. The van der Waals surface area contributed by atoms with Crippen LogP contribution in [0.4, 0.5) is 22.0 Å². The van der Waals surface area contributed by atoms with Gasteiger partial charge in [0.1, 0.15) is 0 Å². The summed E-state index contributed by atoms with van der Waals surface area (Å²) >= 11 is 5.78. The number of alkyl halides is 3. The zero-order valence-corrected chi connectivity index (χ0v) is 14.2. The first-order valence-corrected chi connectivity index (χ1v) is 8.84. The molecule has 0 unspecified atom stereocenters. The number of benzene rings is 2. The molecule has 0 aromatic heterocycles. The Bertz CT molecular complexity index is 1020. The molecule has 1 N–H and O–H groups in total. The number of hydrogen-bond donors (Lipinski definition) is 1. The Labute approximate surface area is 148 Å². The van der Waals surface area contributed by atoms with Crippen molar-refractivity contribution in [3.63, 3.8) is 0 Å². The normalized spacial score (nSPS) is 12.3. The van der Waals surface area contributed by atoms with E-state index in [9.17, 15) is 40.3 Å². The topological polar surface area (TPSA) is 71.4 Å². The van der Waals surface area contributed by atoms with Gasteiger partial charge >= 0.3 is 6.18 Å². The summed E-state index contributed by atoms with van der Waals surface area (Å²) in [6, 6.07) is 2.66. The summed E-state index contributed by atoms with van der Waals surface area (Å²) in [7, 11) is -3.68. The molecule has 0 saturated heterocycles. The number of phenolic OH excluding ortho intramolecular Hbond substituents is 1. The Morgan fingerprint density at radius 3 is 2.12 bits per heavy atom. The summed E-state index contributed by atoms with van der Waals surface area (Å²) in [5.74, 6) is -7.57. The molecule has 4 nitrogen and oxygen atoms in total. The fourth-order valence-electron chi connectivity index (χ4n) is 2.05. The molecule has 140 valence electrons. The Morgan fingerprint density at radius 1 is 1.08 bits per heavy atom. The lowest BCUT2D eigenvalue weighted by Gasteiger charge is -2.13. The maximum Gasteiger partial charge on any atom is 0.419 e. The number of carbonyl (C=O) groups excluding carboxylic acids is 1. The summed E-state index contributed by atoms with van der Waals surface area (Å²) < 4.78 is 88.2. The van der Waals surface area contributed by atoms with Crippen LogP contribution in [-0.4, -0.2) is 25.6 Å². The molecule has 0 aliphatic heterocycles. The zero-order valence-electron chi connectivity index (χ0n) is 12.7. The molecule has 0 fully saturated rings. The highest BCUT2D eigenvalue weighted by atomic mass is 35.5. The molecule has 0 atom stereocenters. The molecule has 2 rings (SSSR count). The van der Waals surface area contributed by atoms with E-state index in [2.05, 4.69) is 0 Å². The van der Waals surface area contributed by atoms with Crippen molar-refractivity contribution in [3.05, 3.63) is 57.6 Å². The largest absolute Gasteiger partial charge is 0.504 e. The van der Waals surface area contributed by atoms with Gasteiger partial charge in [-0.25, -0.2) is 12.8 Å². The highest BCUT2D eigenvalue weighted by molar-refractivity contribution is 7.90. The van der Waals surface area contributed by atoms with Crippen LogP contribution in [0.15, 0.2) is 29.2 Å². The molecule has 26 heavy (non-hydrogen) atoms. The predicted molar refractivity (Wildman–Crippen MR) is 81.0 cm³/mol. The molecule has 0 radical (unpaired) electrons. The van der Waals surface area contributed by atoms with Crippen molar-refractivity contribution >= 4 is 27.2 Å². The van der Waals surface area contributed by atoms with Crippen LogP contribution in [0.25, 0.3) is 0 Å². The van der Waals surface area contributed by atoms with Gasteiger partial charge in [0, 0.05) is 11.8 Å². The summed E-state index contributed by atoms with van der Waals surface area (Å²) in [6.45, 7) is 0. The third kappa shape index (κ3) is 3.65. The van der Waals surface area contributed by atoms with Crippen LogP contribution in [0, 0.1) is 11.6 Å². The van der Waals surface area contributed by atoms with E-state index < -0.39 is 60.9 Å². The highest BCUT2D eigenvalue weighted by Crippen LogP contribution is 2.38. The summed E-state index contributed by atoms with van der Waals surface area (Å²) in [5.41, 5.74) is -3.77. The van der Waals surface area contributed by atoms with Gasteiger partial charge in [0.2, 0.25) is 5.82 Å². The first-order valence-electron chi connectivity index (χ1n) is 6.57. The van der Waals surface area contributed by atoms with Crippen LogP contribution < -0.4 is 0 Å². The van der Waals surface area contributed by atoms with Crippen LogP contribution in [0.2, 0.25) is 5.02 Å². The highest BCUT2D eigenvalue weighted by Gasteiger charge is 2.38. The van der Waals surface area contributed by atoms with Gasteiger partial charge in [-0.05, 0) is 24.3 Å². The standard InChI is InChI=1S/C15H8ClF5O4S/c1-26(24,25)6-2-3-7(10(16)4-6)13(22)8-5-9(15(19,20)21)11(17)12(18)14(8)23/h2-5,23H,1H3. The van der Waals surface area contributed by atoms with E-state index in [0.29, 0.717) is 0 Å². The molecule has 11 heteroatoms. The van der Waals surface area contributed by atoms with Crippen LogP contribution in [0.5, 0.6) is 5.75 Å². The minimum atomic E-state index is -5.32. The molecule has 0 spiro atoms. The van der Waals surface area contributed by atoms with Gasteiger partial charge < -0.3 is 5.11 Å². The van der Waals surface area contributed by atoms with Gasteiger partial charge in [-0.3, -0.25) is 4.79 Å². The molecular formula is C15H8ClF5O4S. The Morgan fingerprint density at radius 2 is 1.65 bits per heavy atom. The van der Waals surface area contributed by atoms with Gasteiger partial charge in [-0.1, -0.05) is 11.6 Å². The van der Waals surface area contributed by atoms with Crippen molar-refractivity contribution in [2.24, 2.45) is 0 Å². The van der Waals surface area contributed by atoms with E-state index in [1.807, 2.05) is 0 Å². The Balaban J connectivity index is 2.66. The van der Waals surface area contributed by atoms with Gasteiger partial charge in [0.05, 0.1) is 21.0 Å². The van der Waals surface area contributed by atoms with Crippen LogP contribution in [-0.2, 0) is 16.0 Å². The lowest BCUT2D eigenvalue weighted by Crippen LogP contribution is -2.14. The van der Waals surface area contributed by atoms with Crippen LogP contribution in [0.3, 0.4) is 0 Å². The molecule has 0 amide bonds. The molecule has 0 aliphatic rings. The number of ketones is 1. The van der Waals surface area contributed by atoms with E-state index in [1.54, 1.807) is 0 Å². The number of phenols is 1. The van der Waals surface area contributed by atoms with Crippen molar-refractivity contribution in [3.8, 4) is 5.75 Å². The number of halogens is 6. The number of aromatic hydroxyl groups is 1. The maximum atomic E-state index is 13.6. The molecule has 0 bridgehead atoms. The third-order valence-electron chi connectivity index (χ3n) is 3.34. The summed E-state index contributed by atoms with van der Waals surface area (Å²) in [5, 5.41) is 9.07. The number of sulfone groups is 1. The fourth-order valence-corrected chi connectivity index (χ4v) is 3.03. The molecular weight excluding hydrogens is 407 g/mol. The van der Waals surface area contributed by atoms with E-state index in [4.69, 9.17) is 11.6 Å². The van der Waals surface area contributed by atoms with E-state index >= 15 is 0 Å². The van der Waals surface area contributed by atoms with Gasteiger partial charge in [-0.15, -0.1) is 0 Å². The van der Waals surface area contributed by atoms with E-state index in [0.717, 1.165) is 24.5 Å². The first-order chi connectivity index (χ1) is 11.7.